The first-order valence-electron chi connectivity index (χ1n) is 2.99. The molecule has 8 heavy (non-hydrogen) atoms. The Hall–Kier alpha value is -0.370. The molecule has 1 unspecified atom stereocenters. The van der Waals surface area contributed by atoms with Crippen molar-refractivity contribution < 1.29 is 0 Å². The Morgan fingerprint density at radius 3 is 2.75 bits per heavy atom. The summed E-state index contributed by atoms with van der Waals surface area (Å²) in [5.41, 5.74) is 5.56. The molecule has 0 rings (SSSR count). The molecule has 0 heterocycles. The molecule has 0 spiro atoms. The lowest BCUT2D eigenvalue weighted by Gasteiger charge is -2.03. The van der Waals surface area contributed by atoms with E-state index in [1.807, 2.05) is 0 Å². The molecule has 2 heteroatoms. The van der Waals surface area contributed by atoms with Crippen molar-refractivity contribution in [3.05, 3.63) is 0 Å². The molecule has 0 aromatic carbocycles. The number of nitrogens with zero attached hydrogens (tertiary/aromatic N) is 1. The van der Waals surface area contributed by atoms with Crippen molar-refractivity contribution in [1.29, 1.82) is 0 Å². The third-order valence-corrected chi connectivity index (χ3v) is 1.02. The second-order valence-corrected chi connectivity index (χ2v) is 1.95. The quantitative estimate of drug-likeness (QED) is 0.540. The Kier molecular flexibility index (Phi) is 4.56. The van der Waals surface area contributed by atoms with Crippen LogP contribution in [0, 0.1) is 0 Å². The zero-order valence-corrected chi connectivity index (χ0v) is 5.43. The zero-order chi connectivity index (χ0) is 6.41. The third kappa shape index (κ3) is 3.81. The second-order valence-electron chi connectivity index (χ2n) is 1.95. The minimum absolute atomic E-state index is 0.234. The predicted octanol–water partition coefficient (Wildman–Crippen LogP) is 0.814. The molecular formula is C6H14N2. The molecular weight excluding hydrogens is 100 g/mol. The van der Waals surface area contributed by atoms with E-state index in [0.717, 1.165) is 12.8 Å². The Morgan fingerprint density at radius 1 is 1.75 bits per heavy atom. The molecule has 1 atom stereocenters. The van der Waals surface area contributed by atoms with Gasteiger partial charge in [0.1, 0.15) is 0 Å². The van der Waals surface area contributed by atoms with Crippen LogP contribution in [0.25, 0.3) is 0 Å². The van der Waals surface area contributed by atoms with Gasteiger partial charge in [-0.05, 0) is 13.1 Å². The maximum atomic E-state index is 5.56. The first kappa shape index (κ1) is 7.63. The fourth-order valence-electron chi connectivity index (χ4n) is 0.628. The van der Waals surface area contributed by atoms with Crippen molar-refractivity contribution in [1.82, 2.24) is 0 Å². The van der Waals surface area contributed by atoms with Crippen LogP contribution in [-0.4, -0.2) is 19.3 Å². The topological polar surface area (TPSA) is 38.4 Å². The van der Waals surface area contributed by atoms with Crippen molar-refractivity contribution in [2.75, 3.05) is 6.54 Å². The highest BCUT2D eigenvalue weighted by Gasteiger charge is 1.95. The molecule has 0 aromatic heterocycles. The molecule has 0 aliphatic carbocycles. The van der Waals surface area contributed by atoms with E-state index >= 15 is 0 Å². The van der Waals surface area contributed by atoms with E-state index in [2.05, 4.69) is 18.6 Å². The molecule has 0 fully saturated rings. The fourth-order valence-corrected chi connectivity index (χ4v) is 0.628. The Balaban J connectivity index is 3.03. The summed E-state index contributed by atoms with van der Waals surface area (Å²) in [6.45, 7) is 6.17. The van der Waals surface area contributed by atoms with Crippen molar-refractivity contribution in [3.63, 3.8) is 0 Å². The van der Waals surface area contributed by atoms with Gasteiger partial charge in [-0.1, -0.05) is 13.3 Å². The lowest BCUT2D eigenvalue weighted by atomic mass is 10.2. The molecule has 48 valence electrons. The van der Waals surface area contributed by atoms with Gasteiger partial charge < -0.3 is 5.73 Å². The van der Waals surface area contributed by atoms with Gasteiger partial charge in [0.15, 0.2) is 0 Å². The highest BCUT2D eigenvalue weighted by molar-refractivity contribution is 5.23. The average Bonchev–Trinajstić information content (AvgIpc) is 1.68. The van der Waals surface area contributed by atoms with E-state index in [-0.39, 0.29) is 6.04 Å². The van der Waals surface area contributed by atoms with Crippen LogP contribution >= 0.6 is 0 Å². The van der Waals surface area contributed by atoms with Gasteiger partial charge >= 0.3 is 0 Å². The number of nitrogens with two attached hydrogens (primary N) is 1. The lowest BCUT2D eigenvalue weighted by Crippen LogP contribution is -2.22. The monoisotopic (exact) mass is 114 g/mol. The molecule has 0 saturated carbocycles. The normalized spacial score (nSPS) is 13.2. The van der Waals surface area contributed by atoms with Gasteiger partial charge in [-0.15, -0.1) is 0 Å². The molecule has 2 nitrogen and oxygen atoms in total. The van der Waals surface area contributed by atoms with Crippen LogP contribution < -0.4 is 5.73 Å². The molecule has 0 aliphatic heterocycles. The van der Waals surface area contributed by atoms with E-state index in [1.54, 1.807) is 0 Å². The first-order chi connectivity index (χ1) is 3.81. The van der Waals surface area contributed by atoms with Gasteiger partial charge in [0.2, 0.25) is 0 Å². The zero-order valence-electron chi connectivity index (χ0n) is 5.43. The number of rotatable bonds is 4. The molecule has 0 aliphatic rings. The highest BCUT2D eigenvalue weighted by atomic mass is 14.8. The van der Waals surface area contributed by atoms with E-state index in [9.17, 15) is 0 Å². The van der Waals surface area contributed by atoms with Gasteiger partial charge in [0, 0.05) is 6.04 Å². The summed E-state index contributed by atoms with van der Waals surface area (Å²) in [5, 5.41) is 0. The predicted molar refractivity (Wildman–Crippen MR) is 37.3 cm³/mol. The molecule has 0 saturated heterocycles. The molecule has 0 amide bonds. The molecule has 0 bridgehead atoms. The van der Waals surface area contributed by atoms with Gasteiger partial charge in [-0.2, -0.15) is 0 Å². The van der Waals surface area contributed by atoms with E-state index in [0.29, 0.717) is 6.54 Å². The van der Waals surface area contributed by atoms with Crippen molar-refractivity contribution >= 4 is 6.72 Å². The smallest absolute Gasteiger partial charge is 0.0533 e. The summed E-state index contributed by atoms with van der Waals surface area (Å²) in [6.07, 6.45) is 2.19. The number of hydrogen-bond acceptors (Lipinski definition) is 2. The standard InChI is InChI=1S/C6H14N2/c1-3-4-6(7)5-8-2/h6H,2-5,7H2,1H3. The summed E-state index contributed by atoms with van der Waals surface area (Å²) in [6, 6.07) is 0.234. The van der Waals surface area contributed by atoms with Gasteiger partial charge in [-0.3, -0.25) is 4.99 Å². The lowest BCUT2D eigenvalue weighted by molar-refractivity contribution is 0.615. The van der Waals surface area contributed by atoms with Gasteiger partial charge in [0.05, 0.1) is 6.54 Å². The number of aliphatic imine (C=N–C) groups is 1. The Morgan fingerprint density at radius 2 is 2.38 bits per heavy atom. The largest absolute Gasteiger partial charge is 0.326 e. The van der Waals surface area contributed by atoms with E-state index in [1.165, 1.54) is 0 Å². The third-order valence-electron chi connectivity index (χ3n) is 1.02. The van der Waals surface area contributed by atoms with Crippen LogP contribution in [0.2, 0.25) is 0 Å². The van der Waals surface area contributed by atoms with Crippen LogP contribution in [0.4, 0.5) is 0 Å². The minimum Gasteiger partial charge on any atom is -0.326 e. The molecule has 0 aromatic rings. The second kappa shape index (κ2) is 4.78. The molecule has 0 radical (unpaired) electrons. The summed E-state index contributed by atoms with van der Waals surface area (Å²) in [7, 11) is 0. The van der Waals surface area contributed by atoms with Crippen LogP contribution in [0.15, 0.2) is 4.99 Å². The van der Waals surface area contributed by atoms with Crippen LogP contribution in [-0.2, 0) is 0 Å². The summed E-state index contributed by atoms with van der Waals surface area (Å²) < 4.78 is 0. The Bertz CT molecular complexity index is 61.5. The van der Waals surface area contributed by atoms with Crippen molar-refractivity contribution in [3.8, 4) is 0 Å². The molecule has 2 N–H and O–H groups in total. The van der Waals surface area contributed by atoms with Crippen molar-refractivity contribution in [2.45, 2.75) is 25.8 Å². The van der Waals surface area contributed by atoms with Crippen LogP contribution in [0.3, 0.4) is 0 Å². The highest BCUT2D eigenvalue weighted by Crippen LogP contribution is 1.91. The van der Waals surface area contributed by atoms with E-state index in [4.69, 9.17) is 5.73 Å². The Labute approximate surface area is 50.8 Å². The summed E-state index contributed by atoms with van der Waals surface area (Å²) in [5.74, 6) is 0. The minimum atomic E-state index is 0.234. The van der Waals surface area contributed by atoms with Crippen LogP contribution in [0.5, 0.6) is 0 Å². The van der Waals surface area contributed by atoms with Crippen LogP contribution in [0.1, 0.15) is 19.8 Å². The maximum Gasteiger partial charge on any atom is 0.0533 e. The number of hydrogen-bond donors (Lipinski definition) is 1. The SMILES string of the molecule is C=NCC(N)CCC. The summed E-state index contributed by atoms with van der Waals surface area (Å²) in [4.78, 5) is 3.68. The van der Waals surface area contributed by atoms with Gasteiger partial charge in [-0.25, -0.2) is 0 Å². The average molecular weight is 114 g/mol. The summed E-state index contributed by atoms with van der Waals surface area (Å²) >= 11 is 0. The maximum absolute atomic E-state index is 5.56. The van der Waals surface area contributed by atoms with Gasteiger partial charge in [0.25, 0.3) is 0 Å². The van der Waals surface area contributed by atoms with E-state index < -0.39 is 0 Å². The van der Waals surface area contributed by atoms with Crippen molar-refractivity contribution in [2.24, 2.45) is 10.7 Å². The fraction of sp³-hybridized carbons (Fsp3) is 0.833. The first-order valence-corrected chi connectivity index (χ1v) is 2.99.